The zero-order valence-electron chi connectivity index (χ0n) is 12.4. The number of aromatic hydroxyl groups is 1. The molecule has 0 amide bonds. The third kappa shape index (κ3) is 2.88. The van der Waals surface area contributed by atoms with Crippen LogP contribution in [0.2, 0.25) is 0 Å². The number of anilines is 1. The van der Waals surface area contributed by atoms with Crippen LogP contribution in [-0.4, -0.2) is 52.8 Å². The standard InChI is InChI=1S/C16H19N3O3/c1-11-3-2-4-14(21)16(11)13-5-6-15(18-17-13)19-7-8-22-12(9-19)10-20/h2-6,12,20-21H,7-10H2,1H3/t12-/m0/s1. The van der Waals surface area contributed by atoms with Crippen LogP contribution in [0.25, 0.3) is 11.3 Å². The summed E-state index contributed by atoms with van der Waals surface area (Å²) >= 11 is 0. The molecule has 0 spiro atoms. The van der Waals surface area contributed by atoms with Crippen molar-refractivity contribution in [3.05, 3.63) is 35.9 Å². The van der Waals surface area contributed by atoms with Gasteiger partial charge in [-0.2, -0.15) is 0 Å². The molecule has 1 aromatic heterocycles. The van der Waals surface area contributed by atoms with Crippen LogP contribution in [0.1, 0.15) is 5.56 Å². The van der Waals surface area contributed by atoms with Gasteiger partial charge in [-0.05, 0) is 30.7 Å². The van der Waals surface area contributed by atoms with Crippen LogP contribution in [0.3, 0.4) is 0 Å². The number of ether oxygens (including phenoxy) is 1. The predicted molar refractivity (Wildman–Crippen MR) is 82.9 cm³/mol. The van der Waals surface area contributed by atoms with Crippen molar-refractivity contribution in [1.82, 2.24) is 10.2 Å². The maximum atomic E-state index is 10.0. The normalized spacial score (nSPS) is 18.5. The number of benzene rings is 1. The molecule has 2 aromatic rings. The smallest absolute Gasteiger partial charge is 0.151 e. The lowest BCUT2D eigenvalue weighted by molar-refractivity contribution is 0.00332. The highest BCUT2D eigenvalue weighted by Gasteiger charge is 2.21. The Morgan fingerprint density at radius 3 is 2.82 bits per heavy atom. The van der Waals surface area contributed by atoms with Gasteiger partial charge in [0.25, 0.3) is 0 Å². The Balaban J connectivity index is 1.84. The van der Waals surface area contributed by atoms with E-state index in [-0.39, 0.29) is 18.5 Å². The molecule has 1 aliphatic rings. The molecule has 0 unspecified atom stereocenters. The van der Waals surface area contributed by atoms with Crippen LogP contribution in [-0.2, 0) is 4.74 Å². The summed E-state index contributed by atoms with van der Waals surface area (Å²) in [7, 11) is 0. The summed E-state index contributed by atoms with van der Waals surface area (Å²) in [6.07, 6.45) is -0.185. The number of aliphatic hydroxyl groups is 1. The molecule has 22 heavy (non-hydrogen) atoms. The van der Waals surface area contributed by atoms with Gasteiger partial charge < -0.3 is 19.8 Å². The lowest BCUT2D eigenvalue weighted by Gasteiger charge is -2.32. The van der Waals surface area contributed by atoms with Gasteiger partial charge >= 0.3 is 0 Å². The van der Waals surface area contributed by atoms with Gasteiger partial charge in [0, 0.05) is 18.7 Å². The Morgan fingerprint density at radius 2 is 2.14 bits per heavy atom. The molecule has 1 saturated heterocycles. The molecule has 1 atom stereocenters. The van der Waals surface area contributed by atoms with Gasteiger partial charge in [0.2, 0.25) is 0 Å². The Labute approximate surface area is 129 Å². The molecule has 1 fully saturated rings. The Bertz CT molecular complexity index is 625. The highest BCUT2D eigenvalue weighted by atomic mass is 16.5. The Kier molecular flexibility index (Phi) is 4.22. The number of rotatable bonds is 3. The Hall–Kier alpha value is -2.18. The first-order valence-corrected chi connectivity index (χ1v) is 7.29. The van der Waals surface area contributed by atoms with Gasteiger partial charge in [-0.3, -0.25) is 0 Å². The molecule has 116 valence electrons. The quantitative estimate of drug-likeness (QED) is 0.891. The van der Waals surface area contributed by atoms with Gasteiger partial charge in [0.15, 0.2) is 5.82 Å². The van der Waals surface area contributed by atoms with E-state index in [1.54, 1.807) is 12.1 Å². The van der Waals surface area contributed by atoms with Crippen molar-refractivity contribution >= 4 is 5.82 Å². The minimum absolute atomic E-state index is 0.000898. The monoisotopic (exact) mass is 301 g/mol. The molecule has 0 radical (unpaired) electrons. The van der Waals surface area contributed by atoms with Crippen molar-refractivity contribution in [3.63, 3.8) is 0 Å². The SMILES string of the molecule is Cc1cccc(O)c1-c1ccc(N2CCO[C@H](CO)C2)nn1. The van der Waals surface area contributed by atoms with E-state index in [0.717, 1.165) is 17.9 Å². The number of aryl methyl sites for hydroxylation is 1. The van der Waals surface area contributed by atoms with Gasteiger partial charge in [-0.25, -0.2) is 0 Å². The third-order valence-corrected chi connectivity index (χ3v) is 3.82. The predicted octanol–water partition coefficient (Wildman–Crippen LogP) is 1.36. The molecule has 3 rings (SSSR count). The summed E-state index contributed by atoms with van der Waals surface area (Å²) < 4.78 is 5.43. The largest absolute Gasteiger partial charge is 0.507 e. The molecule has 0 saturated carbocycles. The summed E-state index contributed by atoms with van der Waals surface area (Å²) in [5.41, 5.74) is 2.30. The first-order chi connectivity index (χ1) is 10.7. The summed E-state index contributed by atoms with van der Waals surface area (Å²) in [6.45, 7) is 3.81. The van der Waals surface area contributed by atoms with Crippen molar-refractivity contribution < 1.29 is 14.9 Å². The van der Waals surface area contributed by atoms with Crippen LogP contribution in [0, 0.1) is 6.92 Å². The summed E-state index contributed by atoms with van der Waals surface area (Å²) in [5, 5.41) is 27.7. The topological polar surface area (TPSA) is 78.7 Å². The maximum Gasteiger partial charge on any atom is 0.151 e. The molecule has 0 aliphatic carbocycles. The zero-order valence-corrected chi connectivity index (χ0v) is 12.4. The van der Waals surface area contributed by atoms with E-state index in [0.29, 0.717) is 24.4 Å². The van der Waals surface area contributed by atoms with Crippen molar-refractivity contribution in [2.24, 2.45) is 0 Å². The molecule has 6 heteroatoms. The summed E-state index contributed by atoms with van der Waals surface area (Å²) in [6, 6.07) is 9.12. The van der Waals surface area contributed by atoms with Crippen LogP contribution in [0.15, 0.2) is 30.3 Å². The molecule has 1 aliphatic heterocycles. The highest BCUT2D eigenvalue weighted by Crippen LogP contribution is 2.31. The van der Waals surface area contributed by atoms with E-state index in [1.165, 1.54) is 0 Å². The number of hydrogen-bond acceptors (Lipinski definition) is 6. The van der Waals surface area contributed by atoms with Gasteiger partial charge in [-0.15, -0.1) is 10.2 Å². The third-order valence-electron chi connectivity index (χ3n) is 3.82. The lowest BCUT2D eigenvalue weighted by atomic mass is 10.0. The van der Waals surface area contributed by atoms with E-state index in [1.807, 2.05) is 30.0 Å². The van der Waals surface area contributed by atoms with Crippen LogP contribution in [0.5, 0.6) is 5.75 Å². The van der Waals surface area contributed by atoms with E-state index in [2.05, 4.69) is 10.2 Å². The first-order valence-electron chi connectivity index (χ1n) is 7.29. The fourth-order valence-electron chi connectivity index (χ4n) is 2.65. The average Bonchev–Trinajstić information content (AvgIpc) is 2.55. The van der Waals surface area contributed by atoms with Crippen molar-refractivity contribution in [3.8, 4) is 17.0 Å². The molecule has 6 nitrogen and oxygen atoms in total. The Morgan fingerprint density at radius 1 is 1.27 bits per heavy atom. The first kappa shape index (κ1) is 14.7. The summed E-state index contributed by atoms with van der Waals surface area (Å²) in [5.74, 6) is 0.951. The minimum Gasteiger partial charge on any atom is -0.507 e. The summed E-state index contributed by atoms with van der Waals surface area (Å²) in [4.78, 5) is 2.04. The molecular weight excluding hydrogens is 282 g/mol. The van der Waals surface area contributed by atoms with Gasteiger partial charge in [-0.1, -0.05) is 12.1 Å². The molecule has 2 heterocycles. The fraction of sp³-hybridized carbons (Fsp3) is 0.375. The van der Waals surface area contributed by atoms with Crippen molar-refractivity contribution in [1.29, 1.82) is 0 Å². The van der Waals surface area contributed by atoms with Crippen molar-refractivity contribution in [2.75, 3.05) is 31.2 Å². The number of hydrogen-bond donors (Lipinski definition) is 2. The number of phenols is 1. The second kappa shape index (κ2) is 6.29. The molecular formula is C16H19N3O3. The fourth-order valence-corrected chi connectivity index (χ4v) is 2.65. The zero-order chi connectivity index (χ0) is 15.5. The number of phenolic OH excluding ortho intramolecular Hbond substituents is 1. The number of morpholine rings is 1. The van der Waals surface area contributed by atoms with Crippen LogP contribution in [0.4, 0.5) is 5.82 Å². The van der Waals surface area contributed by atoms with E-state index >= 15 is 0 Å². The average molecular weight is 301 g/mol. The number of nitrogens with zero attached hydrogens (tertiary/aromatic N) is 3. The number of aliphatic hydroxyl groups excluding tert-OH is 1. The number of aromatic nitrogens is 2. The molecule has 0 bridgehead atoms. The maximum absolute atomic E-state index is 10.0. The second-order valence-corrected chi connectivity index (χ2v) is 5.37. The molecule has 2 N–H and O–H groups in total. The van der Waals surface area contributed by atoms with E-state index in [4.69, 9.17) is 4.74 Å². The lowest BCUT2D eigenvalue weighted by Crippen LogP contribution is -2.44. The van der Waals surface area contributed by atoms with Crippen molar-refractivity contribution in [2.45, 2.75) is 13.0 Å². The van der Waals surface area contributed by atoms with Gasteiger partial charge in [0.05, 0.1) is 25.0 Å². The minimum atomic E-state index is -0.185. The van der Waals surface area contributed by atoms with Crippen LogP contribution >= 0.6 is 0 Å². The van der Waals surface area contributed by atoms with Crippen LogP contribution < -0.4 is 4.90 Å². The van der Waals surface area contributed by atoms with E-state index < -0.39 is 0 Å². The van der Waals surface area contributed by atoms with E-state index in [9.17, 15) is 10.2 Å². The van der Waals surface area contributed by atoms with Gasteiger partial charge in [0.1, 0.15) is 5.75 Å². The highest BCUT2D eigenvalue weighted by molar-refractivity contribution is 5.70. The second-order valence-electron chi connectivity index (χ2n) is 5.37. The molecule has 1 aromatic carbocycles.